The molecule has 13 heavy (non-hydrogen) atoms. The molecule has 0 amide bonds. The number of aryl methyl sites for hydroxylation is 1. The van der Waals surface area contributed by atoms with Gasteiger partial charge in [-0.05, 0) is 19.0 Å². The molecule has 1 nitrogen and oxygen atoms in total. The molecule has 0 atom stereocenters. The molecule has 0 N–H and O–H groups in total. The van der Waals surface area contributed by atoms with E-state index in [1.165, 1.54) is 5.56 Å². The fraction of sp³-hybridized carbons (Fsp3) is 0.0833. The van der Waals surface area contributed by atoms with Gasteiger partial charge in [0.1, 0.15) is 0 Å². The second-order valence-electron chi connectivity index (χ2n) is 3.00. The summed E-state index contributed by atoms with van der Waals surface area (Å²) in [5, 5.41) is 0. The molecule has 0 fully saturated rings. The zero-order chi connectivity index (χ0) is 9.97. The molecular weight excluding hydrogens is 158 g/mol. The number of hydrogen-bond donors (Lipinski definition) is 0. The zero-order valence-corrected chi connectivity index (χ0v) is 7.49. The molecule has 1 aromatic heterocycles. The van der Waals surface area contributed by atoms with Crippen molar-refractivity contribution < 1.29 is 1.37 Å². The quantitative estimate of drug-likeness (QED) is 0.641. The first-order chi connectivity index (χ1) is 6.77. The Hall–Kier alpha value is -1.63. The van der Waals surface area contributed by atoms with Crippen LogP contribution >= 0.6 is 0 Å². The van der Waals surface area contributed by atoms with Gasteiger partial charge in [0, 0.05) is 11.8 Å². The number of pyridine rings is 1. The van der Waals surface area contributed by atoms with Crippen LogP contribution in [-0.2, 0) is 0 Å². The lowest BCUT2D eigenvalue weighted by atomic mass is 10.1. The largest absolute Gasteiger partial charge is 0.256 e. The van der Waals surface area contributed by atoms with E-state index in [4.69, 9.17) is 1.37 Å². The van der Waals surface area contributed by atoms with Crippen LogP contribution in [0.15, 0.2) is 48.6 Å². The number of benzene rings is 1. The molecule has 0 aliphatic heterocycles. The fourth-order valence-electron chi connectivity index (χ4n) is 1.19. The van der Waals surface area contributed by atoms with E-state index >= 15 is 0 Å². The van der Waals surface area contributed by atoms with Crippen molar-refractivity contribution in [2.45, 2.75) is 6.92 Å². The number of rotatable bonds is 1. The van der Waals surface area contributed by atoms with Gasteiger partial charge in [0.25, 0.3) is 0 Å². The molecule has 2 rings (SSSR count). The van der Waals surface area contributed by atoms with Crippen molar-refractivity contribution in [1.29, 1.82) is 0 Å². The predicted octanol–water partition coefficient (Wildman–Crippen LogP) is 3.06. The third-order valence-corrected chi connectivity index (χ3v) is 1.93. The van der Waals surface area contributed by atoms with E-state index in [2.05, 4.69) is 4.98 Å². The Bertz CT molecular complexity index is 434. The Morgan fingerprint density at radius 3 is 2.62 bits per heavy atom. The van der Waals surface area contributed by atoms with Crippen molar-refractivity contribution in [3.63, 3.8) is 0 Å². The predicted molar refractivity (Wildman–Crippen MR) is 54.4 cm³/mol. The molecule has 0 saturated heterocycles. The highest BCUT2D eigenvalue weighted by Gasteiger charge is 1.95. The van der Waals surface area contributed by atoms with Crippen molar-refractivity contribution in [3.05, 3.63) is 54.2 Å². The van der Waals surface area contributed by atoms with Gasteiger partial charge in [-0.15, -0.1) is 0 Å². The van der Waals surface area contributed by atoms with Crippen LogP contribution in [0.25, 0.3) is 11.3 Å². The Kier molecular flexibility index (Phi) is 1.79. The van der Waals surface area contributed by atoms with Crippen molar-refractivity contribution in [1.82, 2.24) is 4.98 Å². The third-order valence-electron chi connectivity index (χ3n) is 1.93. The van der Waals surface area contributed by atoms with E-state index in [1.54, 1.807) is 18.3 Å². The summed E-state index contributed by atoms with van der Waals surface area (Å²) in [6.45, 7) is 2.05. The van der Waals surface area contributed by atoms with E-state index in [0.29, 0.717) is 6.04 Å². The van der Waals surface area contributed by atoms with E-state index in [-0.39, 0.29) is 0 Å². The maximum Gasteiger partial charge on any atom is 0.0701 e. The number of nitrogens with zero attached hydrogens (tertiary/aromatic N) is 1. The van der Waals surface area contributed by atoms with Gasteiger partial charge in [0.15, 0.2) is 0 Å². The van der Waals surface area contributed by atoms with Gasteiger partial charge in [-0.2, -0.15) is 0 Å². The minimum absolute atomic E-state index is 0.469. The van der Waals surface area contributed by atoms with Gasteiger partial charge in [-0.1, -0.05) is 35.9 Å². The van der Waals surface area contributed by atoms with Crippen molar-refractivity contribution >= 4 is 0 Å². The van der Waals surface area contributed by atoms with Gasteiger partial charge in [0.05, 0.1) is 7.06 Å². The summed E-state index contributed by atoms with van der Waals surface area (Å²) >= 11 is 0. The Labute approximate surface area is 79.5 Å². The zero-order valence-electron chi connectivity index (χ0n) is 8.49. The molecule has 1 heterocycles. The molecule has 0 radical (unpaired) electrons. The minimum Gasteiger partial charge on any atom is -0.256 e. The summed E-state index contributed by atoms with van der Waals surface area (Å²) in [4.78, 5) is 4.19. The van der Waals surface area contributed by atoms with Gasteiger partial charge < -0.3 is 0 Å². The van der Waals surface area contributed by atoms with Crippen LogP contribution in [0.1, 0.15) is 6.93 Å². The van der Waals surface area contributed by atoms with Crippen LogP contribution in [0.3, 0.4) is 0 Å². The van der Waals surface area contributed by atoms with Crippen molar-refractivity contribution in [2.24, 2.45) is 0 Å². The fourth-order valence-corrected chi connectivity index (χ4v) is 1.19. The van der Waals surface area contributed by atoms with Crippen LogP contribution in [0.4, 0.5) is 0 Å². The highest BCUT2D eigenvalue weighted by Crippen LogP contribution is 2.15. The second-order valence-corrected chi connectivity index (χ2v) is 3.00. The molecule has 2 aromatic rings. The molecule has 0 aliphatic carbocycles. The minimum atomic E-state index is 0.469. The Morgan fingerprint density at radius 1 is 1.15 bits per heavy atom. The average Bonchev–Trinajstić information content (AvgIpc) is 2.20. The lowest BCUT2D eigenvalue weighted by molar-refractivity contribution is 1.32. The average molecular weight is 170 g/mol. The second kappa shape index (κ2) is 3.40. The number of aromatic nitrogens is 1. The summed E-state index contributed by atoms with van der Waals surface area (Å²) in [5.74, 6) is 0. The van der Waals surface area contributed by atoms with Crippen molar-refractivity contribution in [2.75, 3.05) is 0 Å². The van der Waals surface area contributed by atoms with Crippen LogP contribution in [-0.4, -0.2) is 4.98 Å². The molecule has 0 unspecified atom stereocenters. The summed E-state index contributed by atoms with van der Waals surface area (Å²) in [5.41, 5.74) is 2.96. The van der Waals surface area contributed by atoms with E-state index in [9.17, 15) is 0 Å². The van der Waals surface area contributed by atoms with Gasteiger partial charge in [-0.3, -0.25) is 4.98 Å². The standard InChI is InChI=1S/C12H11N/c1-10-5-7-11(8-6-10)12-4-2-3-9-13-12/h2-9H,1H3/i4D. The lowest BCUT2D eigenvalue weighted by Gasteiger charge is -1.99. The highest BCUT2D eigenvalue weighted by molar-refractivity contribution is 5.58. The SMILES string of the molecule is [2H]c1cccnc1-c1ccc(C)cc1. The van der Waals surface area contributed by atoms with E-state index < -0.39 is 0 Å². The normalized spacial score (nSPS) is 11.0. The molecular formula is C12H11N. The molecule has 64 valence electrons. The maximum absolute atomic E-state index is 7.70. The molecule has 1 aromatic carbocycles. The molecule has 1 heteroatoms. The first kappa shape index (κ1) is 6.84. The maximum atomic E-state index is 7.70. The molecule has 0 aliphatic rings. The van der Waals surface area contributed by atoms with E-state index in [1.807, 2.05) is 31.2 Å². The summed E-state index contributed by atoms with van der Waals surface area (Å²) in [6.07, 6.45) is 1.72. The summed E-state index contributed by atoms with van der Waals surface area (Å²) in [6, 6.07) is 12.1. The molecule has 0 spiro atoms. The van der Waals surface area contributed by atoms with Crippen LogP contribution in [0.2, 0.25) is 0 Å². The molecule has 0 bridgehead atoms. The first-order valence-corrected chi connectivity index (χ1v) is 4.26. The van der Waals surface area contributed by atoms with Gasteiger partial charge in [0.2, 0.25) is 0 Å². The van der Waals surface area contributed by atoms with Crippen LogP contribution < -0.4 is 0 Å². The van der Waals surface area contributed by atoms with Crippen molar-refractivity contribution in [3.8, 4) is 11.3 Å². The van der Waals surface area contributed by atoms with E-state index in [0.717, 1.165) is 11.3 Å². The molecule has 0 saturated carbocycles. The highest BCUT2D eigenvalue weighted by atomic mass is 14.7. The van der Waals surface area contributed by atoms with Gasteiger partial charge >= 0.3 is 0 Å². The lowest BCUT2D eigenvalue weighted by Crippen LogP contribution is -1.81. The third kappa shape index (κ3) is 1.75. The number of hydrogen-bond acceptors (Lipinski definition) is 1. The summed E-state index contributed by atoms with van der Waals surface area (Å²) < 4.78 is 7.70. The van der Waals surface area contributed by atoms with Gasteiger partial charge in [-0.25, -0.2) is 0 Å². The monoisotopic (exact) mass is 170 g/mol. The Balaban J connectivity index is 2.50. The topological polar surface area (TPSA) is 12.9 Å². The van der Waals surface area contributed by atoms with Crippen LogP contribution in [0.5, 0.6) is 0 Å². The van der Waals surface area contributed by atoms with Crippen LogP contribution in [0, 0.1) is 6.92 Å². The first-order valence-electron chi connectivity index (χ1n) is 4.76. The smallest absolute Gasteiger partial charge is 0.0701 e. The summed E-state index contributed by atoms with van der Waals surface area (Å²) in [7, 11) is 0. The Morgan fingerprint density at radius 2 is 1.92 bits per heavy atom.